The number of benzene rings is 1. The Morgan fingerprint density at radius 1 is 1.05 bits per heavy atom. The number of nitrogens with zero attached hydrogens (tertiary/aromatic N) is 1. The zero-order valence-corrected chi connectivity index (χ0v) is 12.4. The third kappa shape index (κ3) is 2.44. The Kier molecular flexibility index (Phi) is 4.01. The van der Waals surface area contributed by atoms with Crippen LogP contribution in [0.4, 0.5) is 5.69 Å². The number of hydrogen-bond donors (Lipinski definition) is 1. The molecule has 0 spiro atoms. The van der Waals surface area contributed by atoms with E-state index in [-0.39, 0.29) is 0 Å². The van der Waals surface area contributed by atoms with Gasteiger partial charge in [0.25, 0.3) is 0 Å². The number of ether oxygens (including phenoxy) is 2. The van der Waals surface area contributed by atoms with Crippen LogP contribution >= 0.6 is 0 Å². The molecule has 110 valence electrons. The first-order chi connectivity index (χ1) is 9.83. The van der Waals surface area contributed by atoms with E-state index in [1.807, 2.05) is 0 Å². The van der Waals surface area contributed by atoms with Gasteiger partial charge in [-0.15, -0.1) is 0 Å². The van der Waals surface area contributed by atoms with Crippen LogP contribution in [-0.4, -0.2) is 38.8 Å². The highest BCUT2D eigenvalue weighted by atomic mass is 16.5. The minimum Gasteiger partial charge on any atom is -0.493 e. The van der Waals surface area contributed by atoms with Gasteiger partial charge in [0.2, 0.25) is 0 Å². The molecule has 1 atom stereocenters. The molecule has 2 aliphatic heterocycles. The van der Waals surface area contributed by atoms with Crippen molar-refractivity contribution >= 4 is 5.69 Å². The standard InChI is InChI=1S/C16H24N2O2/c1-19-15-10-12-13(11-16(15)20-2)17-7-6-14(12)18-8-4-3-5-9-18/h10-11,14,17H,3-9H2,1-2H3. The number of piperidine rings is 1. The summed E-state index contributed by atoms with van der Waals surface area (Å²) in [4.78, 5) is 2.63. The van der Waals surface area contributed by atoms with Crippen LogP contribution in [0.5, 0.6) is 11.5 Å². The minimum absolute atomic E-state index is 0.520. The van der Waals surface area contributed by atoms with Crippen molar-refractivity contribution in [2.45, 2.75) is 31.7 Å². The van der Waals surface area contributed by atoms with Crippen molar-refractivity contribution in [1.82, 2.24) is 4.90 Å². The number of hydrogen-bond acceptors (Lipinski definition) is 4. The molecule has 4 nitrogen and oxygen atoms in total. The molecule has 0 amide bonds. The Morgan fingerprint density at radius 2 is 1.75 bits per heavy atom. The van der Waals surface area contributed by atoms with Crippen LogP contribution in [0.1, 0.15) is 37.3 Å². The summed E-state index contributed by atoms with van der Waals surface area (Å²) in [6, 6.07) is 4.75. The molecule has 2 aliphatic rings. The van der Waals surface area contributed by atoms with Crippen molar-refractivity contribution in [2.75, 3.05) is 39.2 Å². The molecular weight excluding hydrogens is 252 g/mol. The Morgan fingerprint density at radius 3 is 2.45 bits per heavy atom. The zero-order valence-electron chi connectivity index (χ0n) is 12.4. The van der Waals surface area contributed by atoms with E-state index in [1.54, 1.807) is 14.2 Å². The van der Waals surface area contributed by atoms with Crippen molar-refractivity contribution in [3.05, 3.63) is 17.7 Å². The van der Waals surface area contributed by atoms with Crippen molar-refractivity contribution in [3.8, 4) is 11.5 Å². The summed E-state index contributed by atoms with van der Waals surface area (Å²) in [7, 11) is 3.39. The number of rotatable bonds is 3. The third-order valence-electron chi connectivity index (χ3n) is 4.48. The second kappa shape index (κ2) is 5.92. The maximum absolute atomic E-state index is 5.47. The Hall–Kier alpha value is -1.42. The summed E-state index contributed by atoms with van der Waals surface area (Å²) in [5.41, 5.74) is 2.56. The lowest BCUT2D eigenvalue weighted by molar-refractivity contribution is 0.156. The van der Waals surface area contributed by atoms with Crippen molar-refractivity contribution in [2.24, 2.45) is 0 Å². The van der Waals surface area contributed by atoms with Gasteiger partial charge >= 0.3 is 0 Å². The SMILES string of the molecule is COc1cc2c(cc1OC)C(N1CCCCC1)CCN2. The first-order valence-electron chi connectivity index (χ1n) is 7.57. The van der Waals surface area contributed by atoms with Gasteiger partial charge in [0.05, 0.1) is 14.2 Å². The normalized spacial score (nSPS) is 22.8. The second-order valence-corrected chi connectivity index (χ2v) is 5.62. The summed E-state index contributed by atoms with van der Waals surface area (Å²) in [6.45, 7) is 3.47. The van der Waals surface area contributed by atoms with Crippen molar-refractivity contribution < 1.29 is 9.47 Å². The van der Waals surface area contributed by atoms with Gasteiger partial charge in [-0.05, 0) is 44.0 Å². The quantitative estimate of drug-likeness (QED) is 0.920. The highest BCUT2D eigenvalue weighted by molar-refractivity contribution is 5.63. The minimum atomic E-state index is 0.520. The topological polar surface area (TPSA) is 33.7 Å². The van der Waals surface area contributed by atoms with Gasteiger partial charge in [0.1, 0.15) is 0 Å². The van der Waals surface area contributed by atoms with E-state index in [0.717, 1.165) is 18.0 Å². The van der Waals surface area contributed by atoms with Gasteiger partial charge in [0, 0.05) is 24.3 Å². The molecule has 1 aromatic rings. The van der Waals surface area contributed by atoms with Gasteiger partial charge in [-0.2, -0.15) is 0 Å². The molecular formula is C16H24N2O2. The fourth-order valence-electron chi connectivity index (χ4n) is 3.43. The lowest BCUT2D eigenvalue weighted by atomic mass is 9.94. The average molecular weight is 276 g/mol. The van der Waals surface area contributed by atoms with Gasteiger partial charge in [-0.3, -0.25) is 4.90 Å². The monoisotopic (exact) mass is 276 g/mol. The fourth-order valence-corrected chi connectivity index (χ4v) is 3.43. The Labute approximate surface area is 121 Å². The number of methoxy groups -OCH3 is 2. The molecule has 2 heterocycles. The molecule has 0 bridgehead atoms. The molecule has 1 unspecified atom stereocenters. The average Bonchev–Trinajstić information content (AvgIpc) is 2.53. The van der Waals surface area contributed by atoms with E-state index in [4.69, 9.17) is 9.47 Å². The van der Waals surface area contributed by atoms with Crippen LogP contribution in [0, 0.1) is 0 Å². The number of fused-ring (bicyclic) bond motifs is 1. The van der Waals surface area contributed by atoms with E-state index in [9.17, 15) is 0 Å². The molecule has 3 rings (SSSR count). The lowest BCUT2D eigenvalue weighted by Gasteiger charge is -2.38. The van der Waals surface area contributed by atoms with Crippen LogP contribution in [-0.2, 0) is 0 Å². The number of likely N-dealkylation sites (tertiary alicyclic amines) is 1. The predicted octanol–water partition coefficient (Wildman–Crippen LogP) is 3.05. The van der Waals surface area contributed by atoms with Crippen LogP contribution in [0.2, 0.25) is 0 Å². The molecule has 4 heteroatoms. The smallest absolute Gasteiger partial charge is 0.162 e. The van der Waals surface area contributed by atoms with Crippen LogP contribution in [0.15, 0.2) is 12.1 Å². The van der Waals surface area contributed by atoms with Crippen LogP contribution in [0.25, 0.3) is 0 Å². The van der Waals surface area contributed by atoms with Gasteiger partial charge in [0.15, 0.2) is 11.5 Å². The third-order valence-corrected chi connectivity index (χ3v) is 4.48. The van der Waals surface area contributed by atoms with Gasteiger partial charge < -0.3 is 14.8 Å². The fraction of sp³-hybridized carbons (Fsp3) is 0.625. The summed E-state index contributed by atoms with van der Waals surface area (Å²) in [5, 5.41) is 3.50. The number of nitrogens with one attached hydrogen (secondary N) is 1. The summed E-state index contributed by atoms with van der Waals surface area (Å²) < 4.78 is 10.9. The van der Waals surface area contributed by atoms with Gasteiger partial charge in [-0.1, -0.05) is 6.42 Å². The van der Waals surface area contributed by atoms with Gasteiger partial charge in [-0.25, -0.2) is 0 Å². The summed E-state index contributed by atoms with van der Waals surface area (Å²) >= 11 is 0. The molecule has 1 aromatic carbocycles. The first kappa shape index (κ1) is 13.6. The molecule has 20 heavy (non-hydrogen) atoms. The lowest BCUT2D eigenvalue weighted by Crippen LogP contribution is -2.36. The van der Waals surface area contributed by atoms with E-state index in [2.05, 4.69) is 22.3 Å². The van der Waals surface area contributed by atoms with E-state index < -0.39 is 0 Å². The van der Waals surface area contributed by atoms with Crippen molar-refractivity contribution in [3.63, 3.8) is 0 Å². The second-order valence-electron chi connectivity index (χ2n) is 5.62. The number of anilines is 1. The Bertz CT molecular complexity index is 470. The molecule has 0 radical (unpaired) electrons. The van der Waals surface area contributed by atoms with E-state index >= 15 is 0 Å². The van der Waals surface area contributed by atoms with E-state index in [0.29, 0.717) is 6.04 Å². The van der Waals surface area contributed by atoms with Crippen molar-refractivity contribution in [1.29, 1.82) is 0 Å². The molecule has 1 N–H and O–H groups in total. The highest BCUT2D eigenvalue weighted by Gasteiger charge is 2.28. The highest BCUT2D eigenvalue weighted by Crippen LogP contribution is 2.41. The largest absolute Gasteiger partial charge is 0.493 e. The molecule has 0 aliphatic carbocycles. The molecule has 0 saturated carbocycles. The summed E-state index contributed by atoms with van der Waals surface area (Å²) in [6.07, 6.45) is 5.20. The van der Waals surface area contributed by atoms with Crippen LogP contribution in [0.3, 0.4) is 0 Å². The maximum Gasteiger partial charge on any atom is 0.162 e. The van der Waals surface area contributed by atoms with E-state index in [1.165, 1.54) is 50.0 Å². The summed E-state index contributed by atoms with van der Waals surface area (Å²) in [5.74, 6) is 1.63. The maximum atomic E-state index is 5.47. The molecule has 1 saturated heterocycles. The molecule has 0 aromatic heterocycles. The Balaban J connectivity index is 1.94. The molecule has 1 fully saturated rings. The van der Waals surface area contributed by atoms with Crippen LogP contribution < -0.4 is 14.8 Å². The zero-order chi connectivity index (χ0) is 13.9. The predicted molar refractivity (Wildman–Crippen MR) is 80.8 cm³/mol. The first-order valence-corrected chi connectivity index (χ1v) is 7.57.